The molecule has 0 aromatic carbocycles. The van der Waals surface area contributed by atoms with E-state index in [1.54, 1.807) is 0 Å². The Balaban J connectivity index is 2.26. The van der Waals surface area contributed by atoms with Crippen LogP contribution in [0.1, 0.15) is 40.0 Å². The summed E-state index contributed by atoms with van der Waals surface area (Å²) >= 11 is 0. The third-order valence-electron chi connectivity index (χ3n) is 3.75. The van der Waals surface area contributed by atoms with Crippen molar-refractivity contribution in [3.8, 4) is 0 Å². The van der Waals surface area contributed by atoms with Crippen LogP contribution in [0.3, 0.4) is 0 Å². The Morgan fingerprint density at radius 3 is 2.53 bits per heavy atom. The Bertz CT molecular complexity index is 257. The second kappa shape index (κ2) is 5.96. The summed E-state index contributed by atoms with van der Waals surface area (Å²) in [4.78, 5) is 16.6. The van der Waals surface area contributed by atoms with Gasteiger partial charge in [0.2, 0.25) is 0 Å². The topological polar surface area (TPSA) is 23.6 Å². The number of nitrogens with zero attached hydrogens (tertiary/aromatic N) is 2. The molecule has 0 aromatic heterocycles. The van der Waals surface area contributed by atoms with Crippen LogP contribution in [0.5, 0.6) is 0 Å². The maximum Gasteiger partial charge on any atom is 0.139 e. The van der Waals surface area contributed by atoms with E-state index in [9.17, 15) is 4.79 Å². The molecule has 0 radical (unpaired) electrons. The number of likely N-dealkylation sites (N-methyl/N-ethyl adjacent to an activating group) is 2. The normalized spacial score (nSPS) is 22.4. The van der Waals surface area contributed by atoms with Crippen LogP contribution in [-0.4, -0.2) is 55.4 Å². The van der Waals surface area contributed by atoms with Gasteiger partial charge in [-0.1, -0.05) is 20.8 Å². The van der Waals surface area contributed by atoms with Crippen molar-refractivity contribution in [2.45, 2.75) is 46.1 Å². The number of hydrogen-bond donors (Lipinski definition) is 0. The standard InChI is InChI=1S/C14H28N2O/c1-14(2,3)13(17)8-10-15(4)11-12-7-6-9-16(12)5/h12H,6-11H2,1-5H3. The van der Waals surface area contributed by atoms with Crippen LogP contribution >= 0.6 is 0 Å². The van der Waals surface area contributed by atoms with Crippen LogP contribution < -0.4 is 0 Å². The van der Waals surface area contributed by atoms with Gasteiger partial charge in [-0.05, 0) is 33.5 Å². The number of hydrogen-bond acceptors (Lipinski definition) is 3. The summed E-state index contributed by atoms with van der Waals surface area (Å²) in [6.45, 7) is 9.20. The summed E-state index contributed by atoms with van der Waals surface area (Å²) in [6, 6.07) is 0.685. The van der Waals surface area contributed by atoms with Gasteiger partial charge in [-0.2, -0.15) is 0 Å². The van der Waals surface area contributed by atoms with E-state index in [1.165, 1.54) is 19.4 Å². The molecule has 0 aliphatic carbocycles. The zero-order valence-corrected chi connectivity index (χ0v) is 12.1. The van der Waals surface area contributed by atoms with Crippen LogP contribution in [0.25, 0.3) is 0 Å². The third-order valence-corrected chi connectivity index (χ3v) is 3.75. The first-order valence-electron chi connectivity index (χ1n) is 6.73. The average Bonchev–Trinajstić information content (AvgIpc) is 2.59. The summed E-state index contributed by atoms with van der Waals surface area (Å²) in [5, 5.41) is 0. The van der Waals surface area contributed by atoms with Gasteiger partial charge in [0.15, 0.2) is 0 Å². The molecule has 1 fully saturated rings. The lowest BCUT2D eigenvalue weighted by Crippen LogP contribution is -2.38. The highest BCUT2D eigenvalue weighted by molar-refractivity contribution is 5.83. The fraction of sp³-hybridized carbons (Fsp3) is 0.929. The Labute approximate surface area is 106 Å². The van der Waals surface area contributed by atoms with E-state index in [1.807, 2.05) is 20.8 Å². The van der Waals surface area contributed by atoms with Crippen LogP contribution in [0, 0.1) is 5.41 Å². The van der Waals surface area contributed by atoms with Gasteiger partial charge in [-0.15, -0.1) is 0 Å². The van der Waals surface area contributed by atoms with Gasteiger partial charge in [0, 0.05) is 31.0 Å². The predicted octanol–water partition coefficient (Wildman–Crippen LogP) is 2.02. The second-order valence-corrected chi connectivity index (χ2v) is 6.46. The quantitative estimate of drug-likeness (QED) is 0.734. The Morgan fingerprint density at radius 1 is 1.41 bits per heavy atom. The molecule has 1 heterocycles. The third kappa shape index (κ3) is 4.76. The molecule has 0 bridgehead atoms. The van der Waals surface area contributed by atoms with Crippen LogP contribution in [0.4, 0.5) is 0 Å². The van der Waals surface area contributed by atoms with Crippen molar-refractivity contribution in [2.24, 2.45) is 5.41 Å². The first-order chi connectivity index (χ1) is 7.80. The molecule has 1 atom stereocenters. The van der Waals surface area contributed by atoms with Gasteiger partial charge in [0.05, 0.1) is 0 Å². The monoisotopic (exact) mass is 240 g/mol. The van der Waals surface area contributed by atoms with Crippen molar-refractivity contribution in [3.63, 3.8) is 0 Å². The minimum Gasteiger partial charge on any atom is -0.304 e. The van der Waals surface area contributed by atoms with E-state index in [0.29, 0.717) is 18.2 Å². The Morgan fingerprint density at radius 2 is 2.06 bits per heavy atom. The number of rotatable bonds is 5. The predicted molar refractivity (Wildman–Crippen MR) is 72.2 cm³/mol. The van der Waals surface area contributed by atoms with Crippen LogP contribution in [0.2, 0.25) is 0 Å². The maximum absolute atomic E-state index is 11.8. The zero-order chi connectivity index (χ0) is 13.1. The Hall–Kier alpha value is -0.410. The highest BCUT2D eigenvalue weighted by atomic mass is 16.1. The van der Waals surface area contributed by atoms with Crippen molar-refractivity contribution in [1.29, 1.82) is 0 Å². The molecular weight excluding hydrogens is 212 g/mol. The number of carbonyl (C=O) groups excluding carboxylic acids is 1. The van der Waals surface area contributed by atoms with Gasteiger partial charge in [-0.3, -0.25) is 4.79 Å². The largest absolute Gasteiger partial charge is 0.304 e. The molecule has 1 aliphatic heterocycles. The molecule has 3 nitrogen and oxygen atoms in total. The molecule has 17 heavy (non-hydrogen) atoms. The van der Waals surface area contributed by atoms with Gasteiger partial charge in [0.1, 0.15) is 5.78 Å². The highest BCUT2D eigenvalue weighted by Gasteiger charge is 2.24. The minimum atomic E-state index is -0.189. The molecule has 0 spiro atoms. The molecule has 1 saturated heterocycles. The summed E-state index contributed by atoms with van der Waals surface area (Å²) < 4.78 is 0. The number of ketones is 1. The van der Waals surface area contributed by atoms with Crippen LogP contribution in [0.15, 0.2) is 0 Å². The number of carbonyl (C=O) groups is 1. The fourth-order valence-electron chi connectivity index (χ4n) is 2.33. The zero-order valence-electron chi connectivity index (χ0n) is 12.1. The van der Waals surface area contributed by atoms with Crippen LogP contribution in [-0.2, 0) is 4.79 Å². The summed E-state index contributed by atoms with van der Waals surface area (Å²) in [7, 11) is 4.33. The van der Waals surface area contributed by atoms with Crippen molar-refractivity contribution in [1.82, 2.24) is 9.80 Å². The van der Waals surface area contributed by atoms with Crippen molar-refractivity contribution in [3.05, 3.63) is 0 Å². The lowest BCUT2D eigenvalue weighted by atomic mass is 9.89. The molecule has 0 amide bonds. The van der Waals surface area contributed by atoms with Gasteiger partial charge < -0.3 is 9.80 Å². The molecule has 1 rings (SSSR count). The van der Waals surface area contributed by atoms with E-state index < -0.39 is 0 Å². The smallest absolute Gasteiger partial charge is 0.139 e. The van der Waals surface area contributed by atoms with Crippen molar-refractivity contribution >= 4 is 5.78 Å². The molecule has 0 aromatic rings. The molecule has 0 saturated carbocycles. The van der Waals surface area contributed by atoms with E-state index >= 15 is 0 Å². The molecule has 0 N–H and O–H groups in total. The molecule has 100 valence electrons. The maximum atomic E-state index is 11.8. The lowest BCUT2D eigenvalue weighted by molar-refractivity contribution is -0.126. The van der Waals surface area contributed by atoms with E-state index in [2.05, 4.69) is 23.9 Å². The summed E-state index contributed by atoms with van der Waals surface area (Å²) in [5.74, 6) is 0.365. The highest BCUT2D eigenvalue weighted by Crippen LogP contribution is 2.18. The average molecular weight is 240 g/mol. The molecule has 1 unspecified atom stereocenters. The van der Waals surface area contributed by atoms with Gasteiger partial charge in [-0.25, -0.2) is 0 Å². The first-order valence-corrected chi connectivity index (χ1v) is 6.73. The van der Waals surface area contributed by atoms with E-state index in [0.717, 1.165) is 13.1 Å². The van der Waals surface area contributed by atoms with Crippen molar-refractivity contribution in [2.75, 3.05) is 33.7 Å². The number of likely N-dealkylation sites (tertiary alicyclic amines) is 1. The second-order valence-electron chi connectivity index (χ2n) is 6.46. The molecule has 3 heteroatoms. The first kappa shape index (κ1) is 14.7. The SMILES string of the molecule is CN(CCC(=O)C(C)(C)C)CC1CCCN1C. The number of Topliss-reactive ketones (excluding diaryl/α,β-unsaturated/α-hetero) is 1. The fourth-order valence-corrected chi connectivity index (χ4v) is 2.33. The molecular formula is C14H28N2O. The lowest BCUT2D eigenvalue weighted by Gasteiger charge is -2.26. The van der Waals surface area contributed by atoms with Crippen molar-refractivity contribution < 1.29 is 4.79 Å². The van der Waals surface area contributed by atoms with Gasteiger partial charge in [0.25, 0.3) is 0 Å². The summed E-state index contributed by atoms with van der Waals surface area (Å²) in [5.41, 5.74) is -0.189. The van der Waals surface area contributed by atoms with E-state index in [4.69, 9.17) is 0 Å². The Kier molecular flexibility index (Phi) is 5.14. The van der Waals surface area contributed by atoms with E-state index in [-0.39, 0.29) is 5.41 Å². The van der Waals surface area contributed by atoms with Gasteiger partial charge >= 0.3 is 0 Å². The minimum absolute atomic E-state index is 0.189. The molecule has 1 aliphatic rings. The summed E-state index contributed by atoms with van der Waals surface area (Å²) in [6.07, 6.45) is 3.29.